The van der Waals surface area contributed by atoms with E-state index in [9.17, 15) is 0 Å². The summed E-state index contributed by atoms with van der Waals surface area (Å²) in [7, 11) is 0. The lowest BCUT2D eigenvalue weighted by Gasteiger charge is -2.21. The molecule has 1 rings (SSSR count). The van der Waals surface area contributed by atoms with E-state index in [0.29, 0.717) is 6.10 Å². The van der Waals surface area contributed by atoms with Crippen molar-refractivity contribution >= 4 is 0 Å². The van der Waals surface area contributed by atoms with Crippen molar-refractivity contribution in [2.45, 2.75) is 19.4 Å². The Hall–Kier alpha value is -0.520. The molecular weight excluding hydrogens is 126 g/mol. The average molecular weight is 139 g/mol. The monoisotopic (exact) mass is 139 g/mol. The molecule has 0 radical (unpaired) electrons. The van der Waals surface area contributed by atoms with Crippen molar-refractivity contribution in [2.24, 2.45) is 0 Å². The highest BCUT2D eigenvalue weighted by Crippen LogP contribution is 1.98. The standard InChI is InChI=1S/C8H13NO/c1-2-3-4-8-7-9-5-6-10-8/h8-9H,4-7H2,1H3. The molecule has 0 aromatic rings. The predicted molar refractivity (Wildman–Crippen MR) is 40.7 cm³/mol. The van der Waals surface area contributed by atoms with Gasteiger partial charge in [-0.2, -0.15) is 0 Å². The fourth-order valence-electron chi connectivity index (χ4n) is 0.967. The van der Waals surface area contributed by atoms with Gasteiger partial charge in [-0.1, -0.05) is 0 Å². The van der Waals surface area contributed by atoms with E-state index >= 15 is 0 Å². The number of nitrogens with one attached hydrogen (secondary N) is 1. The molecule has 2 nitrogen and oxygen atoms in total. The third-order valence-corrected chi connectivity index (χ3v) is 1.51. The third kappa shape index (κ3) is 2.38. The minimum absolute atomic E-state index is 0.321. The minimum atomic E-state index is 0.321. The smallest absolute Gasteiger partial charge is 0.0809 e. The summed E-state index contributed by atoms with van der Waals surface area (Å²) in [4.78, 5) is 0. The fraction of sp³-hybridized carbons (Fsp3) is 0.750. The van der Waals surface area contributed by atoms with E-state index in [2.05, 4.69) is 17.2 Å². The summed E-state index contributed by atoms with van der Waals surface area (Å²) >= 11 is 0. The first kappa shape index (κ1) is 7.59. The molecule has 0 aromatic heterocycles. The Kier molecular flexibility index (Phi) is 3.28. The maximum Gasteiger partial charge on any atom is 0.0809 e. The lowest BCUT2D eigenvalue weighted by Crippen LogP contribution is -2.38. The Morgan fingerprint density at radius 1 is 1.70 bits per heavy atom. The van der Waals surface area contributed by atoms with Gasteiger partial charge in [0.05, 0.1) is 12.7 Å². The van der Waals surface area contributed by atoms with Gasteiger partial charge in [-0.25, -0.2) is 0 Å². The normalized spacial score (nSPS) is 25.1. The van der Waals surface area contributed by atoms with Crippen molar-refractivity contribution in [3.8, 4) is 11.8 Å². The van der Waals surface area contributed by atoms with Crippen LogP contribution in [0.4, 0.5) is 0 Å². The molecule has 1 aliphatic rings. The highest BCUT2D eigenvalue weighted by Gasteiger charge is 2.10. The summed E-state index contributed by atoms with van der Waals surface area (Å²) in [5, 5.41) is 3.25. The first-order valence-electron chi connectivity index (χ1n) is 3.65. The second-order valence-corrected chi connectivity index (χ2v) is 2.33. The molecule has 56 valence electrons. The van der Waals surface area contributed by atoms with Crippen LogP contribution in [0.3, 0.4) is 0 Å². The van der Waals surface area contributed by atoms with Crippen LogP contribution < -0.4 is 5.32 Å². The Balaban J connectivity index is 2.17. The molecule has 1 heterocycles. The zero-order chi connectivity index (χ0) is 7.23. The molecule has 0 spiro atoms. The molecule has 10 heavy (non-hydrogen) atoms. The third-order valence-electron chi connectivity index (χ3n) is 1.51. The van der Waals surface area contributed by atoms with Gasteiger partial charge in [0.1, 0.15) is 0 Å². The number of rotatable bonds is 1. The highest BCUT2D eigenvalue weighted by atomic mass is 16.5. The van der Waals surface area contributed by atoms with Crippen molar-refractivity contribution in [1.29, 1.82) is 0 Å². The number of ether oxygens (including phenoxy) is 1. The quantitative estimate of drug-likeness (QED) is 0.530. The van der Waals surface area contributed by atoms with Gasteiger partial charge in [0, 0.05) is 19.5 Å². The largest absolute Gasteiger partial charge is 0.375 e. The zero-order valence-corrected chi connectivity index (χ0v) is 6.31. The van der Waals surface area contributed by atoms with Gasteiger partial charge >= 0.3 is 0 Å². The molecular formula is C8H13NO. The summed E-state index contributed by atoms with van der Waals surface area (Å²) in [5.74, 6) is 5.86. The Morgan fingerprint density at radius 3 is 3.20 bits per heavy atom. The molecule has 1 unspecified atom stereocenters. The van der Waals surface area contributed by atoms with E-state index in [0.717, 1.165) is 26.1 Å². The van der Waals surface area contributed by atoms with E-state index in [-0.39, 0.29) is 0 Å². The van der Waals surface area contributed by atoms with Gasteiger partial charge in [-0.15, -0.1) is 11.8 Å². The van der Waals surface area contributed by atoms with Crippen LogP contribution in [0.1, 0.15) is 13.3 Å². The first-order valence-corrected chi connectivity index (χ1v) is 3.65. The summed E-state index contributed by atoms with van der Waals surface area (Å²) < 4.78 is 5.42. The van der Waals surface area contributed by atoms with Crippen molar-refractivity contribution in [3.05, 3.63) is 0 Å². The fourth-order valence-corrected chi connectivity index (χ4v) is 0.967. The summed E-state index contributed by atoms with van der Waals surface area (Å²) in [6, 6.07) is 0. The van der Waals surface area contributed by atoms with Crippen LogP contribution in [-0.4, -0.2) is 25.8 Å². The van der Waals surface area contributed by atoms with E-state index < -0.39 is 0 Å². The molecule has 0 amide bonds. The average Bonchev–Trinajstić information content (AvgIpc) is 2.03. The van der Waals surface area contributed by atoms with Crippen LogP contribution >= 0.6 is 0 Å². The highest BCUT2D eigenvalue weighted by molar-refractivity contribution is 4.97. The lowest BCUT2D eigenvalue weighted by atomic mass is 10.2. The molecule has 2 heteroatoms. The van der Waals surface area contributed by atoms with Crippen molar-refractivity contribution in [3.63, 3.8) is 0 Å². The van der Waals surface area contributed by atoms with Gasteiger partial charge in [0.15, 0.2) is 0 Å². The molecule has 0 bridgehead atoms. The molecule has 1 N–H and O–H groups in total. The molecule has 1 atom stereocenters. The van der Waals surface area contributed by atoms with Crippen LogP contribution in [0.2, 0.25) is 0 Å². The van der Waals surface area contributed by atoms with Crippen LogP contribution in [0.25, 0.3) is 0 Å². The van der Waals surface area contributed by atoms with Gasteiger partial charge in [-0.3, -0.25) is 0 Å². The molecule has 0 saturated carbocycles. The number of hydrogen-bond acceptors (Lipinski definition) is 2. The predicted octanol–water partition coefficient (Wildman–Crippen LogP) is 0.388. The van der Waals surface area contributed by atoms with Crippen LogP contribution in [-0.2, 0) is 4.74 Å². The SMILES string of the molecule is CC#CCC1CNCCO1. The van der Waals surface area contributed by atoms with E-state index in [1.165, 1.54) is 0 Å². The Morgan fingerprint density at radius 2 is 2.60 bits per heavy atom. The Labute approximate surface area is 62.0 Å². The maximum atomic E-state index is 5.42. The lowest BCUT2D eigenvalue weighted by molar-refractivity contribution is 0.0322. The summed E-state index contributed by atoms with van der Waals surface area (Å²) in [6.45, 7) is 4.62. The molecule has 1 aliphatic heterocycles. The number of morpholine rings is 1. The van der Waals surface area contributed by atoms with Crippen LogP contribution in [0.5, 0.6) is 0 Å². The van der Waals surface area contributed by atoms with E-state index in [1.54, 1.807) is 0 Å². The second kappa shape index (κ2) is 4.32. The topological polar surface area (TPSA) is 21.3 Å². The number of hydrogen-bond donors (Lipinski definition) is 1. The molecule has 0 aromatic carbocycles. The van der Waals surface area contributed by atoms with Crippen LogP contribution in [0.15, 0.2) is 0 Å². The molecule has 1 fully saturated rings. The van der Waals surface area contributed by atoms with Crippen LogP contribution in [0, 0.1) is 11.8 Å². The maximum absolute atomic E-state index is 5.42. The Bertz CT molecular complexity index is 139. The second-order valence-electron chi connectivity index (χ2n) is 2.33. The minimum Gasteiger partial charge on any atom is -0.375 e. The first-order chi connectivity index (χ1) is 4.93. The van der Waals surface area contributed by atoms with E-state index in [1.807, 2.05) is 6.92 Å². The van der Waals surface area contributed by atoms with E-state index in [4.69, 9.17) is 4.74 Å². The summed E-state index contributed by atoms with van der Waals surface area (Å²) in [5.41, 5.74) is 0. The van der Waals surface area contributed by atoms with Crippen molar-refractivity contribution in [1.82, 2.24) is 5.32 Å². The van der Waals surface area contributed by atoms with Gasteiger partial charge in [-0.05, 0) is 6.92 Å². The van der Waals surface area contributed by atoms with Gasteiger partial charge in [0.2, 0.25) is 0 Å². The van der Waals surface area contributed by atoms with Crippen molar-refractivity contribution < 1.29 is 4.74 Å². The zero-order valence-electron chi connectivity index (χ0n) is 6.31. The van der Waals surface area contributed by atoms with Crippen molar-refractivity contribution in [2.75, 3.05) is 19.7 Å². The molecule has 1 saturated heterocycles. The molecule has 0 aliphatic carbocycles. The van der Waals surface area contributed by atoms with Gasteiger partial charge in [0.25, 0.3) is 0 Å². The van der Waals surface area contributed by atoms with Gasteiger partial charge < -0.3 is 10.1 Å². The summed E-state index contributed by atoms with van der Waals surface area (Å²) in [6.07, 6.45) is 1.19.